The molecule has 35 heavy (non-hydrogen) atoms. The van der Waals surface area contributed by atoms with Gasteiger partial charge >= 0.3 is 0 Å². The highest BCUT2D eigenvalue weighted by Gasteiger charge is 2.25. The van der Waals surface area contributed by atoms with Gasteiger partial charge in [-0.2, -0.15) is 0 Å². The number of aryl methyl sites for hydroxylation is 2. The highest BCUT2D eigenvalue weighted by molar-refractivity contribution is 6.05. The van der Waals surface area contributed by atoms with E-state index in [0.717, 1.165) is 0 Å². The van der Waals surface area contributed by atoms with Gasteiger partial charge in [-0.05, 0) is 94.1 Å². The molecule has 0 saturated heterocycles. The number of fused-ring (bicyclic) bond motifs is 8. The van der Waals surface area contributed by atoms with Crippen molar-refractivity contribution >= 4 is 11.4 Å². The second-order valence-electron chi connectivity index (χ2n) is 9.57. The molecule has 0 unspecified atom stereocenters. The van der Waals surface area contributed by atoms with E-state index in [1.807, 2.05) is 0 Å². The van der Waals surface area contributed by atoms with Crippen LogP contribution in [-0.4, -0.2) is 7.05 Å². The van der Waals surface area contributed by atoms with Crippen molar-refractivity contribution in [2.45, 2.75) is 20.8 Å². The largest absolute Gasteiger partial charge is 0.344 e. The minimum atomic E-state index is 1.23. The average molecular weight is 452 g/mol. The van der Waals surface area contributed by atoms with Gasteiger partial charge in [0.25, 0.3) is 0 Å². The Morgan fingerprint density at radius 2 is 0.943 bits per heavy atom. The molecular weight excluding hydrogens is 422 g/mol. The monoisotopic (exact) mass is 451 g/mol. The Balaban J connectivity index is 1.72. The van der Waals surface area contributed by atoms with Crippen LogP contribution >= 0.6 is 0 Å². The van der Waals surface area contributed by atoms with Crippen molar-refractivity contribution < 1.29 is 0 Å². The molecular formula is C34H29N. The molecule has 1 heteroatoms. The standard InChI is InChI=1S/C34H29N/c1-22-12-5-10-19-31(22)35(4)32-21-20-29-27-16-7-6-14-25(27)26-15-8-9-17-28(26)33-23(2)13-11-18-30(33)34(29)24(32)3/h5-21H,1-4H3. The maximum atomic E-state index is 2.33. The molecule has 1 aliphatic rings. The van der Waals surface area contributed by atoms with Gasteiger partial charge in [0, 0.05) is 18.4 Å². The summed E-state index contributed by atoms with van der Waals surface area (Å²) in [6.45, 7) is 6.70. The lowest BCUT2D eigenvalue weighted by molar-refractivity contribution is 1.17. The number of hydrogen-bond donors (Lipinski definition) is 0. The lowest BCUT2D eigenvalue weighted by Crippen LogP contribution is -2.13. The Bertz CT molecular complexity index is 1590. The molecule has 0 saturated carbocycles. The average Bonchev–Trinajstić information content (AvgIpc) is 2.87. The maximum Gasteiger partial charge on any atom is 0.0444 e. The van der Waals surface area contributed by atoms with Crippen molar-refractivity contribution in [3.8, 4) is 44.5 Å². The number of rotatable bonds is 2. The first-order valence-corrected chi connectivity index (χ1v) is 12.3. The van der Waals surface area contributed by atoms with Crippen LogP contribution in [0.5, 0.6) is 0 Å². The number of hydrogen-bond acceptors (Lipinski definition) is 1. The molecule has 0 radical (unpaired) electrons. The fraction of sp³-hybridized carbons (Fsp3) is 0.118. The van der Waals surface area contributed by atoms with Gasteiger partial charge in [0.15, 0.2) is 0 Å². The molecule has 0 spiro atoms. The van der Waals surface area contributed by atoms with Crippen molar-refractivity contribution in [1.29, 1.82) is 0 Å². The topological polar surface area (TPSA) is 3.24 Å². The van der Waals surface area contributed by atoms with Gasteiger partial charge in [0.05, 0.1) is 0 Å². The Morgan fingerprint density at radius 1 is 0.400 bits per heavy atom. The zero-order valence-corrected chi connectivity index (χ0v) is 20.8. The third-order valence-corrected chi connectivity index (χ3v) is 7.52. The maximum absolute atomic E-state index is 2.33. The summed E-state index contributed by atoms with van der Waals surface area (Å²) in [5.41, 5.74) is 16.8. The molecule has 0 aromatic heterocycles. The van der Waals surface area contributed by atoms with E-state index in [1.165, 1.54) is 72.6 Å². The van der Waals surface area contributed by atoms with Crippen molar-refractivity contribution in [2.75, 3.05) is 11.9 Å². The van der Waals surface area contributed by atoms with Crippen LogP contribution < -0.4 is 4.90 Å². The third-order valence-electron chi connectivity index (χ3n) is 7.52. The Labute approximate surface area is 208 Å². The highest BCUT2D eigenvalue weighted by atomic mass is 15.1. The lowest BCUT2D eigenvalue weighted by Gasteiger charge is -2.29. The number of benzene rings is 5. The van der Waals surface area contributed by atoms with Gasteiger partial charge in [-0.15, -0.1) is 0 Å². The summed E-state index contributed by atoms with van der Waals surface area (Å²) in [5, 5.41) is 0. The van der Waals surface area contributed by atoms with Crippen molar-refractivity contribution in [3.63, 3.8) is 0 Å². The van der Waals surface area contributed by atoms with Gasteiger partial charge in [-0.25, -0.2) is 0 Å². The Kier molecular flexibility index (Phi) is 5.07. The van der Waals surface area contributed by atoms with Crippen LogP contribution in [0, 0.1) is 20.8 Å². The third kappa shape index (κ3) is 3.31. The van der Waals surface area contributed by atoms with Crippen LogP contribution in [0.2, 0.25) is 0 Å². The predicted molar refractivity (Wildman–Crippen MR) is 150 cm³/mol. The summed E-state index contributed by atoms with van der Waals surface area (Å²) in [6.07, 6.45) is 0. The molecule has 0 fully saturated rings. The first-order chi connectivity index (χ1) is 17.1. The first-order valence-electron chi connectivity index (χ1n) is 12.3. The lowest BCUT2D eigenvalue weighted by atomic mass is 9.78. The van der Waals surface area contributed by atoms with E-state index >= 15 is 0 Å². The first kappa shape index (κ1) is 21.4. The van der Waals surface area contributed by atoms with Crippen LogP contribution in [0.25, 0.3) is 44.5 Å². The van der Waals surface area contributed by atoms with Crippen LogP contribution in [-0.2, 0) is 0 Å². The van der Waals surface area contributed by atoms with Gasteiger partial charge in [-0.3, -0.25) is 0 Å². The van der Waals surface area contributed by atoms with Gasteiger partial charge in [0.2, 0.25) is 0 Å². The molecule has 5 aromatic carbocycles. The fourth-order valence-electron chi connectivity index (χ4n) is 5.83. The zero-order valence-electron chi connectivity index (χ0n) is 20.8. The second kappa shape index (κ2) is 8.29. The molecule has 0 N–H and O–H groups in total. The van der Waals surface area contributed by atoms with Crippen LogP contribution in [0.15, 0.2) is 103 Å². The van der Waals surface area contributed by atoms with Crippen molar-refractivity contribution in [2.24, 2.45) is 0 Å². The molecule has 0 atom stereocenters. The van der Waals surface area contributed by atoms with Crippen LogP contribution in [0.3, 0.4) is 0 Å². The number of para-hydroxylation sites is 1. The zero-order chi connectivity index (χ0) is 24.1. The Morgan fingerprint density at radius 3 is 1.66 bits per heavy atom. The normalized spacial score (nSPS) is 11.4. The summed E-state index contributed by atoms with van der Waals surface area (Å²) < 4.78 is 0. The SMILES string of the molecule is Cc1ccccc1N(C)c1ccc2c(c1C)-c1cccc(C)c1-c1ccccc1-c1ccccc1-2. The van der Waals surface area contributed by atoms with E-state index in [1.54, 1.807) is 0 Å². The predicted octanol–water partition coefficient (Wildman–Crippen LogP) is 9.36. The van der Waals surface area contributed by atoms with Crippen molar-refractivity contribution in [1.82, 2.24) is 0 Å². The highest BCUT2D eigenvalue weighted by Crippen LogP contribution is 2.51. The summed E-state index contributed by atoms with van der Waals surface area (Å²) in [6, 6.07) is 37.7. The molecule has 0 bridgehead atoms. The second-order valence-corrected chi connectivity index (χ2v) is 9.57. The van der Waals surface area contributed by atoms with E-state index in [2.05, 4.69) is 136 Å². The summed E-state index contributed by atoms with van der Waals surface area (Å²) in [7, 11) is 2.18. The smallest absolute Gasteiger partial charge is 0.0444 e. The Hall–Kier alpha value is -4.10. The fourth-order valence-corrected chi connectivity index (χ4v) is 5.83. The molecule has 0 heterocycles. The molecule has 5 aromatic rings. The molecule has 0 amide bonds. The van der Waals surface area contributed by atoms with E-state index in [-0.39, 0.29) is 0 Å². The van der Waals surface area contributed by atoms with E-state index < -0.39 is 0 Å². The molecule has 170 valence electrons. The van der Waals surface area contributed by atoms with E-state index in [0.29, 0.717) is 0 Å². The van der Waals surface area contributed by atoms with E-state index in [9.17, 15) is 0 Å². The summed E-state index contributed by atoms with van der Waals surface area (Å²) in [4.78, 5) is 2.33. The van der Waals surface area contributed by atoms with Crippen LogP contribution in [0.1, 0.15) is 16.7 Å². The summed E-state index contributed by atoms with van der Waals surface area (Å²) in [5.74, 6) is 0. The van der Waals surface area contributed by atoms with Crippen molar-refractivity contribution in [3.05, 3.63) is 120 Å². The van der Waals surface area contributed by atoms with E-state index in [4.69, 9.17) is 0 Å². The summed E-state index contributed by atoms with van der Waals surface area (Å²) >= 11 is 0. The number of anilines is 2. The van der Waals surface area contributed by atoms with Gasteiger partial charge in [0.1, 0.15) is 0 Å². The molecule has 6 rings (SSSR count). The molecule has 1 aliphatic carbocycles. The number of nitrogens with zero attached hydrogens (tertiary/aromatic N) is 1. The minimum absolute atomic E-state index is 1.23. The minimum Gasteiger partial charge on any atom is -0.344 e. The van der Waals surface area contributed by atoms with Crippen LogP contribution in [0.4, 0.5) is 11.4 Å². The molecule has 1 nitrogen and oxygen atoms in total. The van der Waals surface area contributed by atoms with Gasteiger partial charge < -0.3 is 4.90 Å². The quantitative estimate of drug-likeness (QED) is 0.253. The van der Waals surface area contributed by atoms with Gasteiger partial charge in [-0.1, -0.05) is 91.0 Å². The molecule has 0 aliphatic heterocycles.